The lowest BCUT2D eigenvalue weighted by Gasteiger charge is -2.17. The molecule has 0 radical (unpaired) electrons. The third-order valence-electron chi connectivity index (χ3n) is 1.76. The van der Waals surface area contributed by atoms with E-state index in [0.717, 1.165) is 6.07 Å². The molecule has 0 heterocycles. The van der Waals surface area contributed by atoms with E-state index in [2.05, 4.69) is 5.32 Å². The highest BCUT2D eigenvalue weighted by Crippen LogP contribution is 2.19. The van der Waals surface area contributed by atoms with Crippen LogP contribution in [0.15, 0.2) is 18.2 Å². The van der Waals surface area contributed by atoms with Gasteiger partial charge in [-0.3, -0.25) is 4.79 Å². The van der Waals surface area contributed by atoms with E-state index in [4.69, 9.17) is 17.3 Å². The Hall–Kier alpha value is -1.13. The van der Waals surface area contributed by atoms with E-state index in [-0.39, 0.29) is 10.9 Å². The third-order valence-corrected chi connectivity index (χ3v) is 2.07. The van der Waals surface area contributed by atoms with Gasteiger partial charge >= 0.3 is 0 Å². The zero-order valence-electron chi connectivity index (χ0n) is 8.47. The maximum Gasteiger partial charge on any atom is 0.243 e. The first-order chi connectivity index (χ1) is 6.80. The van der Waals surface area contributed by atoms with Gasteiger partial charge in [0.2, 0.25) is 5.91 Å². The first-order valence-electron chi connectivity index (χ1n) is 4.36. The first kappa shape index (κ1) is 11.9. The minimum Gasteiger partial charge on any atom is -0.324 e. The molecule has 0 aromatic heterocycles. The number of hydrogen-bond donors (Lipinski definition) is 2. The molecule has 0 unspecified atom stereocenters. The van der Waals surface area contributed by atoms with Crippen LogP contribution in [0, 0.1) is 5.82 Å². The predicted molar refractivity (Wildman–Crippen MR) is 58.3 cm³/mol. The number of amides is 1. The topological polar surface area (TPSA) is 55.1 Å². The summed E-state index contributed by atoms with van der Waals surface area (Å²) in [4.78, 5) is 11.4. The van der Waals surface area contributed by atoms with Crippen molar-refractivity contribution in [3.63, 3.8) is 0 Å². The normalized spacial score (nSPS) is 11.3. The van der Waals surface area contributed by atoms with Crippen molar-refractivity contribution in [1.29, 1.82) is 0 Å². The molecule has 0 saturated carbocycles. The zero-order valence-corrected chi connectivity index (χ0v) is 9.23. The van der Waals surface area contributed by atoms with Crippen LogP contribution in [0.4, 0.5) is 10.1 Å². The highest BCUT2D eigenvalue weighted by molar-refractivity contribution is 6.30. The number of halogens is 2. The van der Waals surface area contributed by atoms with E-state index >= 15 is 0 Å². The summed E-state index contributed by atoms with van der Waals surface area (Å²) < 4.78 is 13.0. The zero-order chi connectivity index (χ0) is 11.6. The van der Waals surface area contributed by atoms with E-state index in [1.165, 1.54) is 12.1 Å². The molecular weight excluding hydrogens is 219 g/mol. The molecule has 0 atom stereocenters. The van der Waals surface area contributed by atoms with Gasteiger partial charge in [0.05, 0.1) is 10.6 Å². The number of nitrogens with one attached hydrogen (secondary N) is 1. The molecule has 1 aromatic carbocycles. The summed E-state index contributed by atoms with van der Waals surface area (Å²) in [6.07, 6.45) is 0. The molecule has 0 aliphatic carbocycles. The number of benzene rings is 1. The van der Waals surface area contributed by atoms with Crippen LogP contribution in [0.3, 0.4) is 0 Å². The molecule has 0 saturated heterocycles. The van der Waals surface area contributed by atoms with Crippen molar-refractivity contribution in [2.45, 2.75) is 19.4 Å². The molecule has 1 rings (SSSR count). The van der Waals surface area contributed by atoms with E-state index in [9.17, 15) is 9.18 Å². The maximum absolute atomic E-state index is 13.0. The standard InChI is InChI=1S/C10H12ClFN2O/c1-10(2,13)9(15)14-6-3-4-7(11)8(12)5-6/h3-5H,13H2,1-2H3,(H,14,15). The minimum absolute atomic E-state index is 0.0139. The molecule has 3 nitrogen and oxygen atoms in total. The fourth-order valence-electron chi connectivity index (χ4n) is 0.866. The smallest absolute Gasteiger partial charge is 0.243 e. The largest absolute Gasteiger partial charge is 0.324 e. The summed E-state index contributed by atoms with van der Waals surface area (Å²) in [5, 5.41) is 2.50. The lowest BCUT2D eigenvalue weighted by Crippen LogP contribution is -2.45. The molecule has 0 fully saturated rings. The molecule has 1 amide bonds. The van der Waals surface area contributed by atoms with Crippen LogP contribution in [-0.2, 0) is 4.79 Å². The molecule has 1 aromatic rings. The molecule has 0 bridgehead atoms. The highest BCUT2D eigenvalue weighted by atomic mass is 35.5. The summed E-state index contributed by atoms with van der Waals surface area (Å²) in [5.74, 6) is -0.964. The second-order valence-electron chi connectivity index (χ2n) is 3.80. The number of anilines is 1. The SMILES string of the molecule is CC(C)(N)C(=O)Nc1ccc(Cl)c(F)c1. The van der Waals surface area contributed by atoms with Gasteiger partial charge in [0.15, 0.2) is 0 Å². The van der Waals surface area contributed by atoms with Crippen LogP contribution in [0.5, 0.6) is 0 Å². The van der Waals surface area contributed by atoms with Gasteiger partial charge in [0.25, 0.3) is 0 Å². The van der Waals surface area contributed by atoms with Gasteiger partial charge in [0, 0.05) is 5.69 Å². The van der Waals surface area contributed by atoms with Crippen molar-refractivity contribution < 1.29 is 9.18 Å². The Morgan fingerprint density at radius 3 is 2.60 bits per heavy atom. The van der Waals surface area contributed by atoms with Crippen LogP contribution in [0.2, 0.25) is 5.02 Å². The molecule has 5 heteroatoms. The van der Waals surface area contributed by atoms with Gasteiger partial charge in [-0.15, -0.1) is 0 Å². The average Bonchev–Trinajstić information content (AvgIpc) is 2.10. The Morgan fingerprint density at radius 2 is 2.13 bits per heavy atom. The van der Waals surface area contributed by atoms with Gasteiger partial charge in [-0.25, -0.2) is 4.39 Å². The first-order valence-corrected chi connectivity index (χ1v) is 4.74. The van der Waals surface area contributed by atoms with Gasteiger partial charge < -0.3 is 11.1 Å². The van der Waals surface area contributed by atoms with Gasteiger partial charge in [-0.2, -0.15) is 0 Å². The molecule has 82 valence electrons. The Labute approximate surface area is 92.4 Å². The predicted octanol–water partition coefficient (Wildman–Crippen LogP) is 2.15. The van der Waals surface area contributed by atoms with E-state index in [1.807, 2.05) is 0 Å². The van der Waals surface area contributed by atoms with Gasteiger partial charge in [-0.05, 0) is 32.0 Å². The number of hydrogen-bond acceptors (Lipinski definition) is 2. The molecule has 0 spiro atoms. The second-order valence-corrected chi connectivity index (χ2v) is 4.21. The van der Waals surface area contributed by atoms with Gasteiger partial charge in [0.1, 0.15) is 5.82 Å². The van der Waals surface area contributed by atoms with Crippen molar-refractivity contribution in [3.05, 3.63) is 29.0 Å². The summed E-state index contributed by atoms with van der Waals surface area (Å²) in [6, 6.07) is 4.02. The molecular formula is C10H12ClFN2O. The number of carbonyl (C=O) groups is 1. The highest BCUT2D eigenvalue weighted by Gasteiger charge is 2.21. The van der Waals surface area contributed by atoms with Crippen molar-refractivity contribution in [2.75, 3.05) is 5.32 Å². The van der Waals surface area contributed by atoms with E-state index in [1.54, 1.807) is 13.8 Å². The van der Waals surface area contributed by atoms with E-state index in [0.29, 0.717) is 5.69 Å². The molecule has 3 N–H and O–H groups in total. The Balaban J connectivity index is 2.83. The number of nitrogens with two attached hydrogens (primary N) is 1. The summed E-state index contributed by atoms with van der Waals surface area (Å²) in [7, 11) is 0. The van der Waals surface area contributed by atoms with Crippen molar-refractivity contribution >= 4 is 23.2 Å². The summed E-state index contributed by atoms with van der Waals surface area (Å²) in [6.45, 7) is 3.13. The second kappa shape index (κ2) is 4.16. The molecule has 15 heavy (non-hydrogen) atoms. The number of rotatable bonds is 2. The average molecular weight is 231 g/mol. The quantitative estimate of drug-likeness (QED) is 0.818. The Morgan fingerprint density at radius 1 is 1.53 bits per heavy atom. The Kier molecular flexibility index (Phi) is 3.31. The van der Waals surface area contributed by atoms with Crippen LogP contribution in [0.1, 0.15) is 13.8 Å². The van der Waals surface area contributed by atoms with Crippen LogP contribution in [-0.4, -0.2) is 11.4 Å². The Bertz CT molecular complexity index is 387. The summed E-state index contributed by atoms with van der Waals surface area (Å²) >= 11 is 5.49. The van der Waals surface area contributed by atoms with Crippen LogP contribution in [0.25, 0.3) is 0 Å². The lowest BCUT2D eigenvalue weighted by atomic mass is 10.1. The fraction of sp³-hybridized carbons (Fsp3) is 0.300. The van der Waals surface area contributed by atoms with Crippen molar-refractivity contribution in [1.82, 2.24) is 0 Å². The number of carbonyl (C=O) groups excluding carboxylic acids is 1. The van der Waals surface area contributed by atoms with Gasteiger partial charge in [-0.1, -0.05) is 11.6 Å². The summed E-state index contributed by atoms with van der Waals surface area (Å²) in [5.41, 5.74) is 4.89. The monoisotopic (exact) mass is 230 g/mol. The minimum atomic E-state index is -1.00. The third kappa shape index (κ3) is 3.18. The van der Waals surface area contributed by atoms with Crippen molar-refractivity contribution in [2.24, 2.45) is 5.73 Å². The maximum atomic E-state index is 13.0. The van der Waals surface area contributed by atoms with Crippen LogP contribution < -0.4 is 11.1 Å². The fourth-order valence-corrected chi connectivity index (χ4v) is 0.984. The van der Waals surface area contributed by atoms with E-state index < -0.39 is 11.4 Å². The van der Waals surface area contributed by atoms with Crippen LogP contribution >= 0.6 is 11.6 Å². The van der Waals surface area contributed by atoms with Crippen molar-refractivity contribution in [3.8, 4) is 0 Å². The molecule has 0 aliphatic rings. The lowest BCUT2D eigenvalue weighted by molar-refractivity contribution is -0.120. The molecule has 0 aliphatic heterocycles.